The van der Waals surface area contributed by atoms with E-state index >= 15 is 0 Å². The van der Waals surface area contributed by atoms with E-state index in [-0.39, 0.29) is 42.9 Å². The van der Waals surface area contributed by atoms with Gasteiger partial charge in [0.05, 0.1) is 12.5 Å². The molecule has 1 saturated heterocycles. The van der Waals surface area contributed by atoms with Crippen LogP contribution in [0.25, 0.3) is 0 Å². The summed E-state index contributed by atoms with van der Waals surface area (Å²) >= 11 is 5.86. The Bertz CT molecular complexity index is 878. The summed E-state index contributed by atoms with van der Waals surface area (Å²) in [4.78, 5) is 42.0. The van der Waals surface area contributed by atoms with Crippen molar-refractivity contribution in [2.75, 3.05) is 23.4 Å². The molecule has 27 heavy (non-hydrogen) atoms. The van der Waals surface area contributed by atoms with Crippen molar-refractivity contribution in [3.05, 3.63) is 40.7 Å². The van der Waals surface area contributed by atoms with Gasteiger partial charge in [-0.05, 0) is 38.1 Å². The first-order valence-electron chi connectivity index (χ1n) is 8.40. The number of benzene rings is 1. The van der Waals surface area contributed by atoms with Crippen LogP contribution in [0, 0.1) is 12.8 Å². The standard InChI is InChI=1S/C18H18ClN3O5/c1-3-26-17(25)15-10(2)27-18(20-15)21-16(24)11-8-14(23)22(9-11)13-6-4-12(19)5-7-13/h4-7,11H,3,8-9H2,1-2H3,(H,20,21,24). The smallest absolute Gasteiger partial charge is 0.360 e. The summed E-state index contributed by atoms with van der Waals surface area (Å²) in [5.41, 5.74) is 0.689. The Morgan fingerprint density at radius 3 is 2.74 bits per heavy atom. The quantitative estimate of drug-likeness (QED) is 0.786. The number of nitrogens with zero attached hydrogens (tertiary/aromatic N) is 2. The van der Waals surface area contributed by atoms with E-state index in [1.807, 2.05) is 0 Å². The number of oxazole rings is 1. The molecule has 2 aromatic rings. The molecule has 2 heterocycles. The molecule has 1 N–H and O–H groups in total. The third kappa shape index (κ3) is 4.11. The third-order valence-corrected chi connectivity index (χ3v) is 4.38. The van der Waals surface area contributed by atoms with Gasteiger partial charge in [-0.15, -0.1) is 0 Å². The van der Waals surface area contributed by atoms with Crippen molar-refractivity contribution in [1.29, 1.82) is 0 Å². The highest BCUT2D eigenvalue weighted by Crippen LogP contribution is 2.27. The van der Waals surface area contributed by atoms with Gasteiger partial charge >= 0.3 is 12.0 Å². The van der Waals surface area contributed by atoms with Crippen molar-refractivity contribution >= 4 is 41.1 Å². The maximum Gasteiger partial charge on any atom is 0.360 e. The average Bonchev–Trinajstić information content (AvgIpc) is 3.19. The van der Waals surface area contributed by atoms with Gasteiger partial charge in [0.1, 0.15) is 5.76 Å². The molecule has 1 unspecified atom stereocenters. The zero-order chi connectivity index (χ0) is 19.6. The first kappa shape index (κ1) is 18.9. The van der Waals surface area contributed by atoms with E-state index < -0.39 is 17.8 Å². The lowest BCUT2D eigenvalue weighted by molar-refractivity contribution is -0.122. The van der Waals surface area contributed by atoms with Gasteiger partial charge in [0, 0.05) is 23.7 Å². The second-order valence-corrected chi connectivity index (χ2v) is 6.45. The van der Waals surface area contributed by atoms with Gasteiger partial charge in [0.15, 0.2) is 5.69 Å². The number of aromatic nitrogens is 1. The second kappa shape index (κ2) is 7.79. The molecule has 0 saturated carbocycles. The number of nitrogens with one attached hydrogen (secondary N) is 1. The van der Waals surface area contributed by atoms with Crippen molar-refractivity contribution in [2.24, 2.45) is 5.92 Å². The van der Waals surface area contributed by atoms with Crippen molar-refractivity contribution in [3.63, 3.8) is 0 Å². The van der Waals surface area contributed by atoms with Gasteiger partial charge in [0.2, 0.25) is 11.8 Å². The van der Waals surface area contributed by atoms with Crippen LogP contribution in [-0.4, -0.2) is 35.9 Å². The van der Waals surface area contributed by atoms with Gasteiger partial charge in [-0.1, -0.05) is 11.6 Å². The molecule has 0 spiro atoms. The lowest BCUT2D eigenvalue weighted by Gasteiger charge is -2.16. The van der Waals surface area contributed by atoms with E-state index in [1.54, 1.807) is 38.1 Å². The summed E-state index contributed by atoms with van der Waals surface area (Å²) in [7, 11) is 0. The predicted molar refractivity (Wildman–Crippen MR) is 97.7 cm³/mol. The predicted octanol–water partition coefficient (Wildman–Crippen LogP) is 2.80. The minimum atomic E-state index is -0.621. The Kier molecular flexibility index (Phi) is 5.46. The van der Waals surface area contributed by atoms with Gasteiger partial charge < -0.3 is 14.1 Å². The molecule has 1 aromatic carbocycles. The molecule has 0 aliphatic carbocycles. The second-order valence-electron chi connectivity index (χ2n) is 6.02. The zero-order valence-corrected chi connectivity index (χ0v) is 15.6. The van der Waals surface area contributed by atoms with Crippen LogP contribution in [0.15, 0.2) is 28.7 Å². The first-order chi connectivity index (χ1) is 12.9. The van der Waals surface area contributed by atoms with Crippen LogP contribution < -0.4 is 10.2 Å². The van der Waals surface area contributed by atoms with Gasteiger partial charge in [-0.25, -0.2) is 4.79 Å². The number of aryl methyl sites for hydroxylation is 1. The fourth-order valence-electron chi connectivity index (χ4n) is 2.80. The molecule has 0 bridgehead atoms. The maximum atomic E-state index is 12.5. The summed E-state index contributed by atoms with van der Waals surface area (Å²) < 4.78 is 10.2. The van der Waals surface area contributed by atoms with Gasteiger partial charge in [-0.2, -0.15) is 4.98 Å². The minimum absolute atomic E-state index is 0.0115. The van der Waals surface area contributed by atoms with E-state index in [1.165, 1.54) is 4.90 Å². The molecule has 2 amide bonds. The number of hydrogen-bond acceptors (Lipinski definition) is 6. The maximum absolute atomic E-state index is 12.5. The number of ether oxygens (including phenoxy) is 1. The number of halogens is 1. The molecule has 1 atom stereocenters. The van der Waals surface area contributed by atoms with E-state index in [0.717, 1.165) is 0 Å². The Hall–Kier alpha value is -2.87. The zero-order valence-electron chi connectivity index (χ0n) is 14.8. The SMILES string of the molecule is CCOC(=O)c1nc(NC(=O)C2CC(=O)N(c3ccc(Cl)cc3)C2)oc1C. The minimum Gasteiger partial charge on any atom is -0.461 e. The Morgan fingerprint density at radius 2 is 2.07 bits per heavy atom. The molecule has 142 valence electrons. The van der Waals surface area contributed by atoms with Crippen LogP contribution in [-0.2, 0) is 14.3 Å². The molecule has 3 rings (SSSR count). The Balaban J connectivity index is 1.67. The fourth-order valence-corrected chi connectivity index (χ4v) is 2.93. The van der Waals surface area contributed by atoms with E-state index in [2.05, 4.69) is 10.3 Å². The number of amides is 2. The normalized spacial score (nSPS) is 16.5. The molecule has 1 aliphatic rings. The monoisotopic (exact) mass is 391 g/mol. The number of rotatable bonds is 5. The van der Waals surface area contributed by atoms with Crippen LogP contribution in [0.5, 0.6) is 0 Å². The average molecular weight is 392 g/mol. The molecular weight excluding hydrogens is 374 g/mol. The fraction of sp³-hybridized carbons (Fsp3) is 0.333. The summed E-state index contributed by atoms with van der Waals surface area (Å²) in [6, 6.07) is 6.72. The molecule has 1 fully saturated rings. The van der Waals surface area contributed by atoms with E-state index in [4.69, 9.17) is 20.8 Å². The lowest BCUT2D eigenvalue weighted by Crippen LogP contribution is -2.28. The molecule has 1 aliphatic heterocycles. The van der Waals surface area contributed by atoms with Crippen LogP contribution in [0.2, 0.25) is 5.02 Å². The number of esters is 1. The summed E-state index contributed by atoms with van der Waals surface area (Å²) in [6.07, 6.45) is 0.0683. The van der Waals surface area contributed by atoms with Crippen LogP contribution in [0.1, 0.15) is 29.6 Å². The lowest BCUT2D eigenvalue weighted by atomic mass is 10.1. The highest BCUT2D eigenvalue weighted by molar-refractivity contribution is 6.30. The highest BCUT2D eigenvalue weighted by atomic mass is 35.5. The van der Waals surface area contributed by atoms with Crippen LogP contribution in [0.3, 0.4) is 0 Å². The summed E-state index contributed by atoms with van der Waals surface area (Å²) in [5.74, 6) is -1.51. The molecule has 8 nitrogen and oxygen atoms in total. The van der Waals surface area contributed by atoms with Gasteiger partial charge in [0.25, 0.3) is 0 Å². The third-order valence-electron chi connectivity index (χ3n) is 4.13. The van der Waals surface area contributed by atoms with Crippen LogP contribution >= 0.6 is 11.6 Å². The number of carbonyl (C=O) groups is 3. The molecule has 9 heteroatoms. The molecule has 1 aromatic heterocycles. The molecular formula is C18H18ClN3O5. The number of carbonyl (C=O) groups excluding carboxylic acids is 3. The van der Waals surface area contributed by atoms with Crippen LogP contribution in [0.4, 0.5) is 11.7 Å². The Labute approximate surface area is 160 Å². The van der Waals surface area contributed by atoms with E-state index in [0.29, 0.717) is 10.7 Å². The van der Waals surface area contributed by atoms with Crippen molar-refractivity contribution < 1.29 is 23.5 Å². The molecule has 0 radical (unpaired) electrons. The summed E-state index contributed by atoms with van der Waals surface area (Å²) in [5, 5.41) is 3.09. The Morgan fingerprint density at radius 1 is 1.37 bits per heavy atom. The number of anilines is 2. The largest absolute Gasteiger partial charge is 0.461 e. The van der Waals surface area contributed by atoms with Crippen molar-refractivity contribution in [3.8, 4) is 0 Å². The van der Waals surface area contributed by atoms with Gasteiger partial charge in [-0.3, -0.25) is 14.9 Å². The van der Waals surface area contributed by atoms with Crippen molar-refractivity contribution in [2.45, 2.75) is 20.3 Å². The summed E-state index contributed by atoms with van der Waals surface area (Å²) in [6.45, 7) is 3.67. The van der Waals surface area contributed by atoms with E-state index in [9.17, 15) is 14.4 Å². The first-order valence-corrected chi connectivity index (χ1v) is 8.78. The highest BCUT2D eigenvalue weighted by Gasteiger charge is 2.35. The van der Waals surface area contributed by atoms with Crippen molar-refractivity contribution in [1.82, 2.24) is 4.98 Å². The number of hydrogen-bond donors (Lipinski definition) is 1. The topological polar surface area (TPSA) is 102 Å².